The molecule has 0 bridgehead atoms. The molecular weight excluding hydrogens is 436 g/mol. The second kappa shape index (κ2) is 10.0. The number of ketones is 1. The van der Waals surface area contributed by atoms with Crippen LogP contribution in [0.3, 0.4) is 0 Å². The van der Waals surface area contributed by atoms with Crippen molar-refractivity contribution in [1.82, 2.24) is 0 Å². The standard InChI is InChI=1S/C23H24O10/c1-11(25)17-13(26)9-14(27)18(20(17)30)22-23(21(31)19(29)15(10-24)32-22)33-16(28)8-7-12-5-3-2-4-6-12/h2-9,15,19,21-24,26-27,29-31H,10H2,1H3/b8-7+/t15-,19-,21+,22+,23-/m1/s1. The van der Waals surface area contributed by atoms with Gasteiger partial charge in [-0.2, -0.15) is 0 Å². The number of carbonyl (C=O) groups excluding carboxylic acids is 2. The predicted molar refractivity (Wildman–Crippen MR) is 114 cm³/mol. The van der Waals surface area contributed by atoms with Crippen molar-refractivity contribution in [2.45, 2.75) is 37.4 Å². The predicted octanol–water partition coefficient (Wildman–Crippen LogP) is 0.785. The zero-order valence-corrected chi connectivity index (χ0v) is 17.5. The Hall–Kier alpha value is -3.44. The molecule has 0 unspecified atom stereocenters. The summed E-state index contributed by atoms with van der Waals surface area (Å²) in [6.07, 6.45) is -5.57. The maximum absolute atomic E-state index is 12.4. The van der Waals surface area contributed by atoms with Crippen molar-refractivity contribution in [2.24, 2.45) is 0 Å². The number of phenolic OH excluding ortho intramolecular Hbond substituents is 3. The summed E-state index contributed by atoms with van der Waals surface area (Å²) in [6, 6.07) is 9.56. The number of Topliss-reactive ketones (excluding diaryl/α,β-unsaturated/α-hetero) is 1. The minimum Gasteiger partial charge on any atom is -0.507 e. The van der Waals surface area contributed by atoms with Crippen LogP contribution in [-0.4, -0.2) is 73.4 Å². The maximum atomic E-state index is 12.4. The molecule has 10 nitrogen and oxygen atoms in total. The van der Waals surface area contributed by atoms with E-state index in [0.717, 1.165) is 19.1 Å². The van der Waals surface area contributed by atoms with Crippen LogP contribution in [0, 0.1) is 0 Å². The fraction of sp³-hybridized carbons (Fsp3) is 0.304. The lowest BCUT2D eigenvalue weighted by molar-refractivity contribution is -0.240. The van der Waals surface area contributed by atoms with Crippen LogP contribution in [-0.2, 0) is 14.3 Å². The Kier molecular flexibility index (Phi) is 7.34. The Labute approximate surface area is 188 Å². The molecule has 10 heteroatoms. The number of esters is 1. The van der Waals surface area contributed by atoms with Gasteiger partial charge in [-0.05, 0) is 18.6 Å². The van der Waals surface area contributed by atoms with Gasteiger partial charge < -0.3 is 40.1 Å². The lowest BCUT2D eigenvalue weighted by Crippen LogP contribution is -2.56. The highest BCUT2D eigenvalue weighted by Gasteiger charge is 2.49. The number of benzene rings is 2. The molecule has 6 N–H and O–H groups in total. The molecule has 1 aliphatic rings. The molecule has 0 radical (unpaired) electrons. The van der Waals surface area contributed by atoms with E-state index < -0.39 is 77.3 Å². The third-order valence-corrected chi connectivity index (χ3v) is 5.26. The number of hydrogen-bond acceptors (Lipinski definition) is 10. The van der Waals surface area contributed by atoms with E-state index in [9.17, 15) is 40.2 Å². The van der Waals surface area contributed by atoms with Crippen LogP contribution in [0.2, 0.25) is 0 Å². The highest BCUT2D eigenvalue weighted by molar-refractivity contribution is 6.00. The van der Waals surface area contributed by atoms with Gasteiger partial charge in [-0.15, -0.1) is 0 Å². The lowest BCUT2D eigenvalue weighted by atomic mass is 9.88. The first-order valence-electron chi connectivity index (χ1n) is 10.0. The number of ether oxygens (including phenoxy) is 2. The third kappa shape index (κ3) is 4.99. The Morgan fingerprint density at radius 3 is 2.33 bits per heavy atom. The van der Waals surface area contributed by atoms with Gasteiger partial charge in [0, 0.05) is 12.1 Å². The highest BCUT2D eigenvalue weighted by atomic mass is 16.6. The molecular formula is C23H24O10. The summed E-state index contributed by atoms with van der Waals surface area (Å²) in [6.45, 7) is 0.320. The van der Waals surface area contributed by atoms with Gasteiger partial charge in [0.2, 0.25) is 0 Å². The fourth-order valence-corrected chi connectivity index (χ4v) is 3.64. The lowest BCUT2D eigenvalue weighted by Gasteiger charge is -2.42. The van der Waals surface area contributed by atoms with E-state index in [4.69, 9.17) is 9.47 Å². The maximum Gasteiger partial charge on any atom is 0.331 e. The molecule has 176 valence electrons. The molecule has 2 aromatic carbocycles. The number of rotatable bonds is 6. The molecule has 33 heavy (non-hydrogen) atoms. The van der Waals surface area contributed by atoms with Crippen LogP contribution >= 0.6 is 0 Å². The third-order valence-electron chi connectivity index (χ3n) is 5.26. The zero-order chi connectivity index (χ0) is 24.3. The summed E-state index contributed by atoms with van der Waals surface area (Å²) in [5.74, 6) is -3.95. The van der Waals surface area contributed by atoms with Crippen molar-refractivity contribution in [3.8, 4) is 17.2 Å². The molecule has 0 amide bonds. The van der Waals surface area contributed by atoms with Crippen molar-refractivity contribution in [2.75, 3.05) is 6.61 Å². The Morgan fingerprint density at radius 1 is 1.06 bits per heavy atom. The van der Waals surface area contributed by atoms with Crippen LogP contribution in [0.4, 0.5) is 0 Å². The highest BCUT2D eigenvalue weighted by Crippen LogP contribution is 2.46. The monoisotopic (exact) mass is 460 g/mol. The fourth-order valence-electron chi connectivity index (χ4n) is 3.64. The number of aromatic hydroxyl groups is 3. The van der Waals surface area contributed by atoms with E-state index in [1.165, 1.54) is 6.08 Å². The van der Waals surface area contributed by atoms with E-state index in [0.29, 0.717) is 5.56 Å². The van der Waals surface area contributed by atoms with Crippen LogP contribution in [0.25, 0.3) is 6.08 Å². The van der Waals surface area contributed by atoms with E-state index in [1.807, 2.05) is 0 Å². The Bertz CT molecular complexity index is 1050. The summed E-state index contributed by atoms with van der Waals surface area (Å²) in [5.41, 5.74) is -0.305. The van der Waals surface area contributed by atoms with Crippen LogP contribution in [0.5, 0.6) is 17.2 Å². The van der Waals surface area contributed by atoms with Crippen molar-refractivity contribution in [3.63, 3.8) is 0 Å². The van der Waals surface area contributed by atoms with E-state index >= 15 is 0 Å². The summed E-state index contributed by atoms with van der Waals surface area (Å²) < 4.78 is 10.8. The molecule has 1 aliphatic heterocycles. The zero-order valence-electron chi connectivity index (χ0n) is 17.5. The molecule has 0 saturated carbocycles. The number of phenols is 3. The second-order valence-electron chi connectivity index (χ2n) is 7.51. The molecule has 1 heterocycles. The largest absolute Gasteiger partial charge is 0.507 e. The van der Waals surface area contributed by atoms with Crippen LogP contribution < -0.4 is 0 Å². The molecule has 2 aromatic rings. The molecule has 5 atom stereocenters. The minimum absolute atomic E-state index is 0.466. The van der Waals surface area contributed by atoms with Crippen molar-refractivity contribution in [1.29, 1.82) is 0 Å². The summed E-state index contributed by atoms with van der Waals surface area (Å²) >= 11 is 0. The molecule has 1 saturated heterocycles. The van der Waals surface area contributed by atoms with Gasteiger partial charge in [-0.3, -0.25) is 4.79 Å². The summed E-state index contributed by atoms with van der Waals surface area (Å²) in [4.78, 5) is 24.3. The van der Waals surface area contributed by atoms with Gasteiger partial charge >= 0.3 is 5.97 Å². The van der Waals surface area contributed by atoms with Gasteiger partial charge in [0.15, 0.2) is 11.9 Å². The van der Waals surface area contributed by atoms with Gasteiger partial charge in [0.1, 0.15) is 47.2 Å². The summed E-state index contributed by atoms with van der Waals surface area (Å²) in [7, 11) is 0. The molecule has 1 fully saturated rings. The number of hydrogen-bond donors (Lipinski definition) is 6. The number of aliphatic hydroxyl groups excluding tert-OH is 3. The quantitative estimate of drug-likeness (QED) is 0.205. The molecule has 0 aliphatic carbocycles. The molecule has 0 spiro atoms. The van der Waals surface area contributed by atoms with Crippen LogP contribution in [0.1, 0.15) is 34.5 Å². The average Bonchev–Trinajstić information content (AvgIpc) is 2.77. The Balaban J connectivity index is 2.00. The van der Waals surface area contributed by atoms with Crippen molar-refractivity contribution >= 4 is 17.8 Å². The van der Waals surface area contributed by atoms with E-state index in [2.05, 4.69) is 0 Å². The van der Waals surface area contributed by atoms with Crippen molar-refractivity contribution < 1.29 is 49.7 Å². The van der Waals surface area contributed by atoms with Gasteiger partial charge in [0.25, 0.3) is 0 Å². The average molecular weight is 460 g/mol. The first-order valence-corrected chi connectivity index (χ1v) is 10.0. The second-order valence-corrected chi connectivity index (χ2v) is 7.51. The smallest absolute Gasteiger partial charge is 0.331 e. The first kappa shape index (κ1) is 24.2. The topological polar surface area (TPSA) is 174 Å². The normalized spacial score (nSPS) is 25.2. The van der Waals surface area contributed by atoms with Gasteiger partial charge in [0.05, 0.1) is 12.2 Å². The number of carbonyl (C=O) groups is 2. The Morgan fingerprint density at radius 2 is 1.73 bits per heavy atom. The van der Waals surface area contributed by atoms with E-state index in [-0.39, 0.29) is 0 Å². The van der Waals surface area contributed by atoms with E-state index in [1.54, 1.807) is 30.3 Å². The minimum atomic E-state index is -1.79. The first-order chi connectivity index (χ1) is 15.6. The van der Waals surface area contributed by atoms with Gasteiger partial charge in [-0.1, -0.05) is 30.3 Å². The number of aliphatic hydroxyl groups is 3. The van der Waals surface area contributed by atoms with Gasteiger partial charge in [-0.25, -0.2) is 4.79 Å². The molecule has 3 rings (SSSR count). The van der Waals surface area contributed by atoms with Crippen LogP contribution in [0.15, 0.2) is 42.5 Å². The van der Waals surface area contributed by atoms with Crippen molar-refractivity contribution in [3.05, 3.63) is 59.2 Å². The SMILES string of the molecule is CC(=O)c1c(O)cc(O)c([C@@H]2O[C@H](CO)[C@@H](O)[C@H](O)[C@H]2OC(=O)/C=C/c2ccccc2)c1O. The molecule has 0 aromatic heterocycles. The summed E-state index contributed by atoms with van der Waals surface area (Å²) in [5, 5.41) is 61.3.